The highest BCUT2D eigenvalue weighted by molar-refractivity contribution is 7.86. The smallest absolute Gasteiger partial charge is 0.282 e. The van der Waals surface area contributed by atoms with E-state index in [4.69, 9.17) is 4.42 Å². The summed E-state index contributed by atoms with van der Waals surface area (Å²) in [6.07, 6.45) is 3.61. The highest BCUT2D eigenvalue weighted by Crippen LogP contribution is 2.21. The van der Waals surface area contributed by atoms with E-state index in [0.717, 1.165) is 38.2 Å². The van der Waals surface area contributed by atoms with Gasteiger partial charge in [-0.05, 0) is 30.9 Å². The van der Waals surface area contributed by atoms with E-state index in [9.17, 15) is 8.42 Å². The number of piperidine rings is 1. The summed E-state index contributed by atoms with van der Waals surface area (Å²) in [6, 6.07) is 3.84. The van der Waals surface area contributed by atoms with Crippen LogP contribution < -0.4 is 0 Å². The first-order chi connectivity index (χ1) is 10.6. The number of hydrogen-bond acceptors (Lipinski definition) is 4. The summed E-state index contributed by atoms with van der Waals surface area (Å²) in [4.78, 5) is 2.24. The molecule has 0 bridgehead atoms. The molecule has 0 aliphatic carbocycles. The second-order valence-electron chi connectivity index (χ2n) is 6.34. The first-order valence-electron chi connectivity index (χ1n) is 8.05. The Bertz CT molecular complexity index is 557. The molecule has 6 nitrogen and oxygen atoms in total. The largest absolute Gasteiger partial charge is 0.468 e. The van der Waals surface area contributed by atoms with Crippen molar-refractivity contribution in [2.75, 3.05) is 39.3 Å². The van der Waals surface area contributed by atoms with Crippen molar-refractivity contribution in [1.29, 1.82) is 0 Å². The van der Waals surface area contributed by atoms with Crippen molar-refractivity contribution in [2.24, 2.45) is 5.92 Å². The fraction of sp³-hybridized carbons (Fsp3) is 0.733. The summed E-state index contributed by atoms with van der Waals surface area (Å²) < 4.78 is 34.0. The number of hydrogen-bond donors (Lipinski definition) is 0. The molecule has 0 atom stereocenters. The summed E-state index contributed by atoms with van der Waals surface area (Å²) >= 11 is 0. The molecule has 0 amide bonds. The first-order valence-corrected chi connectivity index (χ1v) is 9.45. The van der Waals surface area contributed by atoms with Crippen LogP contribution in [0.15, 0.2) is 22.8 Å². The molecule has 0 saturated carbocycles. The van der Waals surface area contributed by atoms with E-state index in [-0.39, 0.29) is 0 Å². The van der Waals surface area contributed by atoms with Crippen LogP contribution in [0.4, 0.5) is 0 Å². The minimum Gasteiger partial charge on any atom is -0.468 e. The minimum absolute atomic E-state index is 0.565. The average Bonchev–Trinajstić information content (AvgIpc) is 3.01. The van der Waals surface area contributed by atoms with Crippen molar-refractivity contribution in [2.45, 2.75) is 26.3 Å². The zero-order valence-electron chi connectivity index (χ0n) is 13.1. The van der Waals surface area contributed by atoms with Crippen LogP contribution >= 0.6 is 0 Å². The van der Waals surface area contributed by atoms with Gasteiger partial charge < -0.3 is 4.42 Å². The molecule has 0 N–H and O–H groups in total. The van der Waals surface area contributed by atoms with E-state index in [1.54, 1.807) is 14.9 Å². The van der Waals surface area contributed by atoms with Gasteiger partial charge in [0.25, 0.3) is 10.2 Å². The normalized spacial score (nSPS) is 23.9. The van der Waals surface area contributed by atoms with Crippen LogP contribution in [-0.4, -0.2) is 61.2 Å². The van der Waals surface area contributed by atoms with E-state index in [1.807, 2.05) is 12.1 Å². The molecule has 2 fully saturated rings. The average molecular weight is 327 g/mol. The van der Waals surface area contributed by atoms with E-state index in [2.05, 4.69) is 11.8 Å². The molecular weight excluding hydrogens is 302 g/mol. The van der Waals surface area contributed by atoms with Crippen LogP contribution in [0.25, 0.3) is 0 Å². The Hall–Kier alpha value is -0.890. The van der Waals surface area contributed by atoms with Crippen LogP contribution in [0, 0.1) is 5.92 Å². The number of furan rings is 1. The molecule has 0 radical (unpaired) electrons. The first kappa shape index (κ1) is 16.0. The quantitative estimate of drug-likeness (QED) is 0.838. The maximum Gasteiger partial charge on any atom is 0.282 e. The van der Waals surface area contributed by atoms with Crippen molar-refractivity contribution >= 4 is 10.2 Å². The Labute approximate surface area is 132 Å². The zero-order valence-corrected chi connectivity index (χ0v) is 14.0. The van der Waals surface area contributed by atoms with Gasteiger partial charge in [0.2, 0.25) is 0 Å². The molecule has 3 rings (SSSR count). The molecule has 1 aromatic heterocycles. The van der Waals surface area contributed by atoms with Gasteiger partial charge in [-0.3, -0.25) is 4.90 Å². The standard InChI is InChI=1S/C15H25N3O3S/c1-14-4-6-17(7-5-14)22(19,20)18-10-8-16(9-11-18)13-15-3-2-12-21-15/h2-3,12,14H,4-11,13H2,1H3. The van der Waals surface area contributed by atoms with E-state index in [0.29, 0.717) is 32.1 Å². The summed E-state index contributed by atoms with van der Waals surface area (Å²) in [7, 11) is -3.28. The van der Waals surface area contributed by atoms with Crippen molar-refractivity contribution in [1.82, 2.24) is 13.5 Å². The summed E-state index contributed by atoms with van der Waals surface area (Å²) in [5.41, 5.74) is 0. The van der Waals surface area contributed by atoms with E-state index >= 15 is 0 Å². The molecule has 22 heavy (non-hydrogen) atoms. The van der Waals surface area contributed by atoms with E-state index in [1.165, 1.54) is 0 Å². The third-order valence-electron chi connectivity index (χ3n) is 4.69. The molecule has 7 heteroatoms. The second-order valence-corrected chi connectivity index (χ2v) is 8.27. The molecule has 3 heterocycles. The highest BCUT2D eigenvalue weighted by atomic mass is 32.2. The van der Waals surface area contributed by atoms with Crippen molar-refractivity contribution in [3.05, 3.63) is 24.2 Å². The lowest BCUT2D eigenvalue weighted by Crippen LogP contribution is -2.53. The van der Waals surface area contributed by atoms with Crippen molar-refractivity contribution < 1.29 is 12.8 Å². The molecule has 0 spiro atoms. The third-order valence-corrected chi connectivity index (χ3v) is 6.72. The maximum atomic E-state index is 12.7. The number of piperazine rings is 1. The van der Waals surface area contributed by atoms with Crippen LogP contribution in [0.5, 0.6) is 0 Å². The van der Waals surface area contributed by atoms with Gasteiger partial charge in [0.05, 0.1) is 12.8 Å². The molecule has 1 aromatic rings. The van der Waals surface area contributed by atoms with Crippen molar-refractivity contribution in [3.63, 3.8) is 0 Å². The van der Waals surface area contributed by atoms with Crippen LogP contribution in [0.1, 0.15) is 25.5 Å². The third kappa shape index (κ3) is 3.53. The lowest BCUT2D eigenvalue weighted by molar-refractivity contribution is 0.161. The van der Waals surface area contributed by atoms with Gasteiger partial charge >= 0.3 is 0 Å². The number of nitrogens with zero attached hydrogens (tertiary/aromatic N) is 3. The Morgan fingerprint density at radius 1 is 1.09 bits per heavy atom. The molecule has 0 unspecified atom stereocenters. The summed E-state index contributed by atoms with van der Waals surface area (Å²) in [5, 5.41) is 0. The van der Waals surface area contributed by atoms with Crippen molar-refractivity contribution in [3.8, 4) is 0 Å². The van der Waals surface area contributed by atoms with E-state index < -0.39 is 10.2 Å². The molecule has 2 aliphatic heterocycles. The predicted molar refractivity (Wildman–Crippen MR) is 84.4 cm³/mol. The highest BCUT2D eigenvalue weighted by Gasteiger charge is 2.34. The lowest BCUT2D eigenvalue weighted by atomic mass is 10.0. The Kier molecular flexibility index (Phi) is 4.87. The fourth-order valence-corrected chi connectivity index (χ4v) is 4.74. The van der Waals surface area contributed by atoms with Gasteiger partial charge in [0, 0.05) is 39.3 Å². The van der Waals surface area contributed by atoms with Gasteiger partial charge in [0.1, 0.15) is 5.76 Å². The number of rotatable bonds is 4. The zero-order chi connectivity index (χ0) is 15.6. The molecule has 124 valence electrons. The Morgan fingerprint density at radius 3 is 2.32 bits per heavy atom. The van der Waals surface area contributed by atoms with Gasteiger partial charge in [-0.25, -0.2) is 0 Å². The van der Waals surface area contributed by atoms with Crippen LogP contribution in [0.2, 0.25) is 0 Å². The van der Waals surface area contributed by atoms with Gasteiger partial charge in [-0.1, -0.05) is 6.92 Å². The monoisotopic (exact) mass is 327 g/mol. The minimum atomic E-state index is -3.28. The summed E-state index contributed by atoms with van der Waals surface area (Å²) in [6.45, 7) is 6.91. The molecule has 0 aromatic carbocycles. The molecule has 2 saturated heterocycles. The van der Waals surface area contributed by atoms with Gasteiger partial charge in [-0.15, -0.1) is 0 Å². The topological polar surface area (TPSA) is 57.0 Å². The second kappa shape index (κ2) is 6.70. The maximum absolute atomic E-state index is 12.7. The predicted octanol–water partition coefficient (Wildman–Crippen LogP) is 1.37. The SMILES string of the molecule is CC1CCN(S(=O)(=O)N2CCN(Cc3ccco3)CC2)CC1. The Morgan fingerprint density at radius 2 is 1.73 bits per heavy atom. The van der Waals surface area contributed by atoms with Crippen LogP contribution in [0.3, 0.4) is 0 Å². The van der Waals surface area contributed by atoms with Gasteiger partial charge in [-0.2, -0.15) is 17.0 Å². The summed E-state index contributed by atoms with van der Waals surface area (Å²) in [5.74, 6) is 1.57. The van der Waals surface area contributed by atoms with Gasteiger partial charge in [0.15, 0.2) is 0 Å². The van der Waals surface area contributed by atoms with Crippen LogP contribution in [-0.2, 0) is 16.8 Å². The lowest BCUT2D eigenvalue weighted by Gasteiger charge is -2.38. The molecule has 2 aliphatic rings. The molecular formula is C15H25N3O3S. The Balaban J connectivity index is 1.54. The fourth-order valence-electron chi connectivity index (χ4n) is 3.12.